The van der Waals surface area contributed by atoms with Crippen molar-refractivity contribution in [1.29, 1.82) is 0 Å². The number of thioether (sulfide) groups is 3. The van der Waals surface area contributed by atoms with Crippen molar-refractivity contribution in [2.75, 3.05) is 60.4 Å². The van der Waals surface area contributed by atoms with Crippen molar-refractivity contribution in [3.63, 3.8) is 0 Å². The Hall–Kier alpha value is 1.46. The van der Waals surface area contributed by atoms with Crippen LogP contribution in [0.15, 0.2) is 0 Å². The maximum Gasteiger partial charge on any atom is 0.227 e. The molecule has 1 atom stereocenters. The van der Waals surface area contributed by atoms with Gasteiger partial charge in [0.25, 0.3) is 0 Å². The predicted molar refractivity (Wildman–Crippen MR) is 120 cm³/mol. The van der Waals surface area contributed by atoms with E-state index in [2.05, 4.69) is 14.5 Å². The summed E-state index contributed by atoms with van der Waals surface area (Å²) >= 11 is 3.71. The van der Waals surface area contributed by atoms with E-state index < -0.39 is 22.1 Å². The average molecular weight is 672 g/mol. The minimum Gasteiger partial charge on any atom is -0.775 e. The van der Waals surface area contributed by atoms with Crippen LogP contribution in [0.2, 0.25) is 0 Å². The molecule has 0 saturated heterocycles. The number of carbonyl (C=O) groups excluding carboxylic acids is 2. The number of hydrogen-bond donors (Lipinski definition) is 2. The van der Waals surface area contributed by atoms with Gasteiger partial charge in [-0.2, -0.15) is 28.4 Å². The molecule has 0 aliphatic heterocycles. The molecule has 18 heteroatoms. The quantitative estimate of drug-likeness (QED) is 0.0848. The average Bonchev–Trinajstić information content (AvgIpc) is 2.69. The molecule has 0 bridgehead atoms. The van der Waals surface area contributed by atoms with Crippen LogP contribution in [0, 0.1) is 0 Å². The first-order valence-electron chi connectivity index (χ1n) is 7.73. The van der Waals surface area contributed by atoms with E-state index in [-0.39, 0.29) is 96.2 Å². The molecule has 2 radical (unpaired) electrons. The second kappa shape index (κ2) is 38.7. The summed E-state index contributed by atoms with van der Waals surface area (Å²) < 4.78 is 14.7. The van der Waals surface area contributed by atoms with E-state index in [0.29, 0.717) is 42.0 Å². The van der Waals surface area contributed by atoms with Crippen molar-refractivity contribution >= 4 is 63.8 Å². The minimum atomic E-state index is -1.26. The smallest absolute Gasteiger partial charge is 0.227 e. The fourth-order valence-corrected chi connectivity index (χ4v) is 3.20. The van der Waals surface area contributed by atoms with Crippen molar-refractivity contribution in [3.8, 4) is 0 Å². The summed E-state index contributed by atoms with van der Waals surface area (Å²) in [6.07, 6.45) is -0.513. The topological polar surface area (TPSA) is 213 Å². The number of rotatable bonds is 15. The number of nitrogens with zero attached hydrogens (tertiary/aromatic N) is 1. The molecule has 1 unspecified atom stereocenters. The van der Waals surface area contributed by atoms with Gasteiger partial charge in [-0.25, -0.2) is 0 Å². The summed E-state index contributed by atoms with van der Waals surface area (Å²) in [5.74, 6) is 2.54. The molecule has 0 fully saturated rings. The molecule has 0 heterocycles. The zero-order chi connectivity index (χ0) is 22.8. The molecule has 5 N–H and O–H groups in total. The van der Waals surface area contributed by atoms with E-state index in [1.165, 1.54) is 11.8 Å². The van der Waals surface area contributed by atoms with Gasteiger partial charge in [-0.3, -0.25) is 9.00 Å². The zero-order valence-electron chi connectivity index (χ0n) is 16.7. The second-order valence-electron chi connectivity index (χ2n) is 3.97. The third-order valence-electron chi connectivity index (χ3n) is 1.84. The van der Waals surface area contributed by atoms with Crippen LogP contribution < -0.4 is 0 Å². The van der Waals surface area contributed by atoms with Crippen LogP contribution in [0.4, 0.5) is 9.59 Å². The minimum absolute atomic E-state index is 0. The third-order valence-corrected chi connectivity index (χ3v) is 5.80. The molecular formula is C13H26N4O8S4Y2-4. The Morgan fingerprint density at radius 1 is 1.00 bits per heavy atom. The van der Waals surface area contributed by atoms with Crippen molar-refractivity contribution in [2.24, 2.45) is 0 Å². The maximum atomic E-state index is 10.4. The monoisotopic (exact) mass is 672 g/mol. The third kappa shape index (κ3) is 54.1. The van der Waals surface area contributed by atoms with Gasteiger partial charge in [0.15, 0.2) is 0 Å². The molecule has 2 amide bonds. The SMILES string of the molecule is [N-]=COOCCSCCO.[NH-]C(=O)OCCSCCO.[NH-]CS(=O)CSC([NH-])=O.[Y].[Y]. The van der Waals surface area contributed by atoms with Crippen LogP contribution in [-0.2, 0) is 90.7 Å². The van der Waals surface area contributed by atoms with E-state index in [0.717, 1.165) is 5.75 Å². The van der Waals surface area contributed by atoms with Gasteiger partial charge in [0.05, 0.1) is 24.9 Å². The molecule has 12 nitrogen and oxygen atoms in total. The van der Waals surface area contributed by atoms with Crippen LogP contribution >= 0.6 is 35.3 Å². The number of aliphatic hydroxyl groups excluding tert-OH is 2. The molecule has 0 aliphatic carbocycles. The summed E-state index contributed by atoms with van der Waals surface area (Å²) in [5.41, 5.74) is 19.3. The summed E-state index contributed by atoms with van der Waals surface area (Å²) in [6, 6.07) is 0. The summed E-state index contributed by atoms with van der Waals surface area (Å²) in [4.78, 5) is 28.3. The molecule has 0 aliphatic rings. The van der Waals surface area contributed by atoms with Gasteiger partial charge in [0.2, 0.25) is 6.09 Å². The Morgan fingerprint density at radius 3 is 1.90 bits per heavy atom. The Balaban J connectivity index is -0.000000106. The van der Waals surface area contributed by atoms with E-state index in [9.17, 15) is 13.8 Å². The van der Waals surface area contributed by atoms with Crippen molar-refractivity contribution in [3.05, 3.63) is 22.6 Å². The normalized spacial score (nSPS) is 9.77. The molecule has 31 heavy (non-hydrogen) atoms. The first-order chi connectivity index (χ1) is 13.8. The van der Waals surface area contributed by atoms with Gasteiger partial charge < -0.3 is 47.2 Å². The van der Waals surface area contributed by atoms with Crippen molar-refractivity contribution in [1.82, 2.24) is 0 Å². The van der Waals surface area contributed by atoms with Gasteiger partial charge in [-0.15, -0.1) is 0 Å². The van der Waals surface area contributed by atoms with E-state index in [4.69, 9.17) is 32.8 Å². The van der Waals surface area contributed by atoms with Gasteiger partial charge in [-0.05, 0) is 0 Å². The standard InChI is InChI=1S/C5H11NO3S.C5H10NO3S.C3H7N2O2S2.2Y/c6-5(8)9-2-4-10-3-1-7;6-5-9-8-2-4-10-3-1-7;4-1-9(7)2-8-3(5)6;;/h7H,1-4H2,(H2,6,8);5,7H,1-4H2;4H,1-2H2,(H2,5,6);;/q;2*-1;;/p-2. The Labute approximate surface area is 248 Å². The number of amides is 2. The molecule has 0 rings (SSSR count). The second-order valence-corrected chi connectivity index (χ2v) is 9.19. The molecule has 0 spiro atoms. The van der Waals surface area contributed by atoms with Crippen LogP contribution in [0.3, 0.4) is 0 Å². The summed E-state index contributed by atoms with van der Waals surface area (Å²) in [7, 11) is -1.26. The largest absolute Gasteiger partial charge is 0.775 e. The molecular weight excluding hydrogens is 646 g/mol. The zero-order valence-corrected chi connectivity index (χ0v) is 25.7. The van der Waals surface area contributed by atoms with Crippen molar-refractivity contribution < 1.29 is 104 Å². The number of aliphatic hydroxyl groups is 2. The fraction of sp³-hybridized carbons (Fsp3) is 0.769. The molecule has 0 aromatic rings. The number of nitrogens with one attached hydrogen (secondary N) is 3. The molecule has 0 aromatic carbocycles. The molecule has 0 aromatic heterocycles. The van der Waals surface area contributed by atoms with Crippen LogP contribution in [0.5, 0.6) is 0 Å². The number of carbonyl (C=O) groups is 2. The Kier molecular flexibility index (Phi) is 53.2. The van der Waals surface area contributed by atoms with Gasteiger partial charge in [-0.1, -0.05) is 17.6 Å². The first-order valence-corrected chi connectivity index (χ1v) is 12.5. The maximum absolute atomic E-state index is 10.4. The molecule has 180 valence electrons. The Bertz CT molecular complexity index is 435. The number of hydrogen-bond acceptors (Lipinski definition) is 11. The fourth-order valence-electron chi connectivity index (χ4n) is 0.859. The van der Waals surface area contributed by atoms with Crippen LogP contribution in [-0.4, -0.2) is 92.6 Å². The Morgan fingerprint density at radius 2 is 1.52 bits per heavy atom. The predicted octanol–water partition coefficient (Wildman–Crippen LogP) is 2.76. The summed E-state index contributed by atoms with van der Waals surface area (Å²) in [5, 5.41) is 23.9. The van der Waals surface area contributed by atoms with E-state index in [1.807, 2.05) is 0 Å². The van der Waals surface area contributed by atoms with Crippen LogP contribution in [0.1, 0.15) is 0 Å². The van der Waals surface area contributed by atoms with Crippen LogP contribution in [0.25, 0.3) is 22.6 Å². The summed E-state index contributed by atoms with van der Waals surface area (Å²) in [6.45, 7) is 0.978. The van der Waals surface area contributed by atoms with Crippen molar-refractivity contribution in [2.45, 2.75) is 0 Å². The first kappa shape index (κ1) is 42.6. The van der Waals surface area contributed by atoms with E-state index in [1.54, 1.807) is 11.8 Å². The van der Waals surface area contributed by atoms with Gasteiger partial charge in [0.1, 0.15) is 11.8 Å². The van der Waals surface area contributed by atoms with Gasteiger partial charge in [0, 0.05) is 106 Å². The van der Waals surface area contributed by atoms with Gasteiger partial charge >= 0.3 is 0 Å². The number of ether oxygens (including phenoxy) is 1. The molecule has 0 saturated carbocycles. The van der Waals surface area contributed by atoms with E-state index >= 15 is 0 Å².